The van der Waals surface area contributed by atoms with Crippen molar-refractivity contribution in [1.82, 2.24) is 19.5 Å². The number of hydrogen-bond donors (Lipinski definition) is 1. The summed E-state index contributed by atoms with van der Waals surface area (Å²) in [5.74, 6) is -2.45. The van der Waals surface area contributed by atoms with Crippen molar-refractivity contribution in [3.8, 4) is 16.9 Å². The van der Waals surface area contributed by atoms with Gasteiger partial charge in [-0.05, 0) is 62.2 Å². The Hall–Kier alpha value is -5.45. The van der Waals surface area contributed by atoms with Crippen molar-refractivity contribution in [3.05, 3.63) is 107 Å². The molecule has 0 saturated carbocycles. The van der Waals surface area contributed by atoms with E-state index >= 15 is 0 Å². The number of benzene rings is 3. The molecule has 5 rings (SSSR count). The van der Waals surface area contributed by atoms with Gasteiger partial charge in [0.25, 0.3) is 16.8 Å². The van der Waals surface area contributed by atoms with E-state index in [1.54, 1.807) is 42.5 Å². The molecule has 0 bridgehead atoms. The van der Waals surface area contributed by atoms with Crippen LogP contribution in [0.15, 0.2) is 95.1 Å². The van der Waals surface area contributed by atoms with E-state index < -0.39 is 46.5 Å². The first kappa shape index (κ1) is 33.9. The van der Waals surface area contributed by atoms with Gasteiger partial charge in [-0.3, -0.25) is 4.79 Å². The average molecular weight is 687 g/mol. The molecule has 1 aromatic heterocycles. The fourth-order valence-electron chi connectivity index (χ4n) is 4.88. The number of aryl methyl sites for hydroxylation is 1. The zero-order valence-electron chi connectivity index (χ0n) is 25.3. The van der Waals surface area contributed by atoms with Crippen LogP contribution in [0.1, 0.15) is 34.5 Å². The molecular formula is C31H29F3N6O7S. The summed E-state index contributed by atoms with van der Waals surface area (Å²) in [5, 5.41) is 20.6. The topological polar surface area (TPSA) is 158 Å². The molecular weight excluding hydrogens is 657 g/mol. The summed E-state index contributed by atoms with van der Waals surface area (Å²) in [6.45, 7) is 1.22. The molecule has 13 nitrogen and oxygen atoms in total. The minimum atomic E-state index is -4.71. The first-order chi connectivity index (χ1) is 22.8. The Kier molecular flexibility index (Phi) is 9.98. The summed E-state index contributed by atoms with van der Waals surface area (Å²) in [6.07, 6.45) is -4.07. The van der Waals surface area contributed by atoms with Crippen molar-refractivity contribution in [3.63, 3.8) is 0 Å². The molecule has 0 radical (unpaired) electrons. The van der Waals surface area contributed by atoms with Crippen LogP contribution in [-0.4, -0.2) is 59.9 Å². The van der Waals surface area contributed by atoms with Gasteiger partial charge in [0.2, 0.25) is 11.2 Å². The third-order valence-corrected chi connectivity index (χ3v) is 8.73. The van der Waals surface area contributed by atoms with Crippen LogP contribution in [0.3, 0.4) is 0 Å². The highest BCUT2D eigenvalue weighted by Gasteiger charge is 2.36. The molecule has 1 N–H and O–H groups in total. The molecule has 252 valence electrons. The lowest BCUT2D eigenvalue weighted by atomic mass is 9.99. The Bertz CT molecular complexity index is 1900. The smallest absolute Gasteiger partial charge is 0.435 e. The summed E-state index contributed by atoms with van der Waals surface area (Å²) in [4.78, 5) is 29.4. The first-order valence-corrected chi connectivity index (χ1v) is 16.0. The number of hydrogen-bond acceptors (Lipinski definition) is 9. The van der Waals surface area contributed by atoms with Gasteiger partial charge in [-0.25, -0.2) is 22.6 Å². The standard InChI is InChI=1S/C31H29F3N6O7S/c1-21-9-11-22(12-10-21)27-18-28(31(32,33)34)35-39(27)25-13-15-26(16-14-25)48(44,45)36-29(41)24-8-5-17-38(19-24)40(43)37-47-20-46-30(42)23-6-3-2-4-7-23/h2-4,6-7,9-16,18,24H,5,8,17,19-20H2,1H3,(H,36,41)/b40-37+. The maximum absolute atomic E-state index is 13.5. The molecule has 2 heterocycles. The lowest BCUT2D eigenvalue weighted by Crippen LogP contribution is -2.46. The van der Waals surface area contributed by atoms with Gasteiger partial charge in [0, 0.05) is 5.56 Å². The summed E-state index contributed by atoms with van der Waals surface area (Å²) in [7, 11) is -4.40. The number of amides is 1. The zero-order valence-corrected chi connectivity index (χ0v) is 26.1. The van der Waals surface area contributed by atoms with Crippen LogP contribution < -0.4 is 4.72 Å². The second-order valence-electron chi connectivity index (χ2n) is 10.8. The number of carbonyl (C=O) groups is 2. The maximum atomic E-state index is 13.5. The number of sulfonamides is 1. The van der Waals surface area contributed by atoms with E-state index in [1.165, 1.54) is 24.3 Å². The highest BCUT2D eigenvalue weighted by molar-refractivity contribution is 7.90. The lowest BCUT2D eigenvalue weighted by Gasteiger charge is -2.27. The van der Waals surface area contributed by atoms with E-state index in [0.29, 0.717) is 12.0 Å². The van der Waals surface area contributed by atoms with Gasteiger partial charge in [0.05, 0.1) is 45.8 Å². The summed E-state index contributed by atoms with van der Waals surface area (Å²) >= 11 is 0. The number of rotatable bonds is 10. The molecule has 3 aromatic carbocycles. The van der Waals surface area contributed by atoms with Crippen molar-refractivity contribution in [1.29, 1.82) is 0 Å². The van der Waals surface area contributed by atoms with Gasteiger partial charge in [0.1, 0.15) is 0 Å². The number of nitrogens with zero attached hydrogens (tertiary/aromatic N) is 5. The highest BCUT2D eigenvalue weighted by Crippen LogP contribution is 2.33. The van der Waals surface area contributed by atoms with Crippen LogP contribution >= 0.6 is 0 Å². The summed E-state index contributed by atoms with van der Waals surface area (Å²) in [6, 6.07) is 20.6. The van der Waals surface area contributed by atoms with Gasteiger partial charge in [-0.1, -0.05) is 48.0 Å². The lowest BCUT2D eigenvalue weighted by molar-refractivity contribution is -0.714. The molecule has 48 heavy (non-hydrogen) atoms. The Morgan fingerprint density at radius 2 is 1.75 bits per heavy atom. The van der Waals surface area contributed by atoms with E-state index in [1.807, 2.05) is 11.6 Å². The Labute approximate surface area is 272 Å². The average Bonchev–Trinajstić information content (AvgIpc) is 3.54. The number of esters is 1. The van der Waals surface area contributed by atoms with E-state index in [0.717, 1.165) is 33.5 Å². The molecule has 4 aromatic rings. The van der Waals surface area contributed by atoms with Crippen LogP contribution in [0.2, 0.25) is 0 Å². The third-order valence-electron chi connectivity index (χ3n) is 7.37. The first-order valence-electron chi connectivity index (χ1n) is 14.5. The third kappa shape index (κ3) is 8.09. The second kappa shape index (κ2) is 14.1. The van der Waals surface area contributed by atoms with E-state index in [-0.39, 0.29) is 46.3 Å². The number of carbonyl (C=O) groups excluding carboxylic acids is 2. The molecule has 1 saturated heterocycles. The largest absolute Gasteiger partial charge is 0.569 e. The molecule has 1 amide bonds. The van der Waals surface area contributed by atoms with Crippen molar-refractivity contribution >= 4 is 21.9 Å². The molecule has 1 atom stereocenters. The normalized spacial score (nSPS) is 15.5. The van der Waals surface area contributed by atoms with Crippen LogP contribution in [0.5, 0.6) is 0 Å². The maximum Gasteiger partial charge on any atom is 0.435 e. The van der Waals surface area contributed by atoms with Crippen molar-refractivity contribution in [2.45, 2.75) is 30.8 Å². The van der Waals surface area contributed by atoms with Gasteiger partial charge in [-0.2, -0.15) is 18.3 Å². The van der Waals surface area contributed by atoms with Gasteiger partial charge >= 0.3 is 12.1 Å². The quantitative estimate of drug-likeness (QED) is 0.0605. The molecule has 1 fully saturated rings. The Morgan fingerprint density at radius 1 is 1.06 bits per heavy atom. The number of nitrogens with one attached hydrogen (secondary N) is 1. The predicted molar refractivity (Wildman–Crippen MR) is 162 cm³/mol. The fourth-order valence-corrected chi connectivity index (χ4v) is 5.92. The van der Waals surface area contributed by atoms with Crippen LogP contribution in [0.4, 0.5) is 13.2 Å². The molecule has 1 unspecified atom stereocenters. The summed E-state index contributed by atoms with van der Waals surface area (Å²) < 4.78 is 74.7. The predicted octanol–water partition coefficient (Wildman–Crippen LogP) is 5.01. The Balaban J connectivity index is 1.22. The molecule has 1 aliphatic heterocycles. The number of halogens is 3. The van der Waals surface area contributed by atoms with Crippen LogP contribution in [-0.2, 0) is 30.6 Å². The minimum absolute atomic E-state index is 0.0906. The van der Waals surface area contributed by atoms with Crippen molar-refractivity contribution < 1.29 is 45.7 Å². The molecule has 1 aliphatic rings. The molecule has 0 aliphatic carbocycles. The number of alkyl halides is 3. The SMILES string of the molecule is Cc1ccc(-c2cc(C(F)(F)F)nn2-c2ccc(S(=O)(=O)NC(=O)C3CCCN(/[N+]([O-])=N\OCOC(=O)c4ccccc4)C3)cc2)cc1. The molecule has 17 heteroatoms. The second-order valence-corrected chi connectivity index (χ2v) is 12.5. The molecule has 0 spiro atoms. The van der Waals surface area contributed by atoms with Crippen LogP contribution in [0, 0.1) is 18.0 Å². The number of hydrazine groups is 1. The van der Waals surface area contributed by atoms with Gasteiger partial charge in [-0.15, -0.1) is 5.01 Å². The van der Waals surface area contributed by atoms with Crippen LogP contribution in [0.25, 0.3) is 16.9 Å². The number of piperidine rings is 1. The number of ether oxygens (including phenoxy) is 1. The number of aromatic nitrogens is 2. The summed E-state index contributed by atoms with van der Waals surface area (Å²) in [5.41, 5.74) is 0.839. The highest BCUT2D eigenvalue weighted by atomic mass is 32.2. The van der Waals surface area contributed by atoms with E-state index in [2.05, 4.69) is 10.4 Å². The van der Waals surface area contributed by atoms with Gasteiger partial charge < -0.3 is 14.8 Å². The monoisotopic (exact) mass is 686 g/mol. The Morgan fingerprint density at radius 3 is 2.42 bits per heavy atom. The van der Waals surface area contributed by atoms with Crippen molar-refractivity contribution in [2.75, 3.05) is 19.9 Å². The minimum Gasteiger partial charge on any atom is -0.569 e. The van der Waals surface area contributed by atoms with Gasteiger partial charge in [0.15, 0.2) is 5.69 Å². The van der Waals surface area contributed by atoms with E-state index in [4.69, 9.17) is 9.57 Å². The fraction of sp³-hybridized carbons (Fsp3) is 0.258. The zero-order chi connectivity index (χ0) is 34.5. The van der Waals surface area contributed by atoms with Crippen molar-refractivity contribution in [2.24, 2.45) is 11.2 Å². The van der Waals surface area contributed by atoms with E-state index in [9.17, 15) is 36.4 Å².